The Morgan fingerprint density at radius 3 is 2.68 bits per heavy atom. The van der Waals surface area contributed by atoms with Gasteiger partial charge in [-0.05, 0) is 23.3 Å². The molecule has 1 aliphatic rings. The molecule has 0 bridgehead atoms. The molecule has 0 saturated carbocycles. The lowest BCUT2D eigenvalue weighted by molar-refractivity contribution is 0.306. The fourth-order valence-corrected chi connectivity index (χ4v) is 2.39. The van der Waals surface area contributed by atoms with E-state index >= 15 is 0 Å². The van der Waals surface area contributed by atoms with E-state index in [0.717, 1.165) is 31.3 Å². The number of hydrogen-bond acceptors (Lipinski definition) is 4. The van der Waals surface area contributed by atoms with E-state index < -0.39 is 0 Å². The second-order valence-electron chi connectivity index (χ2n) is 5.40. The van der Waals surface area contributed by atoms with Gasteiger partial charge in [0.2, 0.25) is 0 Å². The molecule has 2 aromatic rings. The van der Waals surface area contributed by atoms with Gasteiger partial charge in [0.15, 0.2) is 5.96 Å². The zero-order valence-electron chi connectivity index (χ0n) is 12.8. The molecule has 0 saturated heterocycles. The first-order valence-electron chi connectivity index (χ1n) is 7.56. The van der Waals surface area contributed by atoms with Gasteiger partial charge in [-0.25, -0.2) is 0 Å². The van der Waals surface area contributed by atoms with E-state index in [0.29, 0.717) is 6.61 Å². The largest absolute Gasteiger partial charge is 0.489 e. The van der Waals surface area contributed by atoms with Crippen molar-refractivity contribution in [1.82, 2.24) is 10.2 Å². The van der Waals surface area contributed by atoms with Crippen LogP contribution in [0.15, 0.2) is 59.6 Å². The molecule has 4 heteroatoms. The quantitative estimate of drug-likeness (QED) is 0.921. The maximum Gasteiger partial charge on any atom is 0.194 e. The molecule has 3 rings (SSSR count). The number of nitrogens with one attached hydrogen (secondary N) is 1. The van der Waals surface area contributed by atoms with Gasteiger partial charge in [0.1, 0.15) is 12.4 Å². The fourth-order valence-electron chi connectivity index (χ4n) is 2.39. The molecule has 4 nitrogen and oxygen atoms in total. The zero-order valence-corrected chi connectivity index (χ0v) is 12.8. The van der Waals surface area contributed by atoms with Crippen molar-refractivity contribution >= 4 is 5.96 Å². The molecule has 114 valence electrons. The van der Waals surface area contributed by atoms with Gasteiger partial charge >= 0.3 is 0 Å². The highest BCUT2D eigenvalue weighted by molar-refractivity contribution is 5.81. The van der Waals surface area contributed by atoms with E-state index in [4.69, 9.17) is 4.74 Å². The lowest BCUT2D eigenvalue weighted by Crippen LogP contribution is -2.35. The van der Waals surface area contributed by atoms with E-state index in [1.54, 1.807) is 0 Å². The normalized spacial score (nSPS) is 13.9. The van der Waals surface area contributed by atoms with Gasteiger partial charge in [-0.2, -0.15) is 0 Å². The molecule has 1 heterocycles. The lowest BCUT2D eigenvalue weighted by Gasteiger charge is -2.15. The lowest BCUT2D eigenvalue weighted by atomic mass is 10.2. The number of rotatable bonds is 5. The van der Waals surface area contributed by atoms with Crippen molar-refractivity contribution in [3.8, 4) is 5.75 Å². The number of nitrogens with zero attached hydrogens (tertiary/aromatic N) is 2. The zero-order chi connectivity index (χ0) is 15.2. The molecule has 0 aliphatic carbocycles. The third kappa shape index (κ3) is 3.79. The van der Waals surface area contributed by atoms with Crippen LogP contribution in [0.25, 0.3) is 0 Å². The third-order valence-corrected chi connectivity index (χ3v) is 3.66. The van der Waals surface area contributed by atoms with Crippen molar-refractivity contribution in [3.63, 3.8) is 0 Å². The number of hydrogen-bond donors (Lipinski definition) is 1. The molecule has 0 spiro atoms. The molecule has 0 atom stereocenters. The second kappa shape index (κ2) is 6.98. The van der Waals surface area contributed by atoms with Crippen LogP contribution < -0.4 is 10.1 Å². The maximum absolute atomic E-state index is 5.86. The van der Waals surface area contributed by atoms with Crippen LogP contribution in [0.1, 0.15) is 11.1 Å². The van der Waals surface area contributed by atoms with E-state index in [2.05, 4.69) is 46.5 Å². The topological polar surface area (TPSA) is 36.9 Å². The Morgan fingerprint density at radius 2 is 1.91 bits per heavy atom. The van der Waals surface area contributed by atoms with Gasteiger partial charge < -0.3 is 15.0 Å². The van der Waals surface area contributed by atoms with Crippen molar-refractivity contribution in [2.24, 2.45) is 4.99 Å². The van der Waals surface area contributed by atoms with Crippen LogP contribution in [0.2, 0.25) is 0 Å². The van der Waals surface area contributed by atoms with Crippen LogP contribution in [0.4, 0.5) is 0 Å². The van der Waals surface area contributed by atoms with E-state index in [-0.39, 0.29) is 0 Å². The summed E-state index contributed by atoms with van der Waals surface area (Å²) in [6, 6.07) is 18.4. The Labute approximate surface area is 131 Å². The Balaban J connectivity index is 1.55. The number of likely N-dealkylation sites (N-methyl/N-ethyl adjacent to an activating group) is 1. The van der Waals surface area contributed by atoms with Crippen LogP contribution in [0, 0.1) is 0 Å². The Bertz CT molecular complexity index is 640. The second-order valence-corrected chi connectivity index (χ2v) is 5.40. The van der Waals surface area contributed by atoms with Gasteiger partial charge in [-0.3, -0.25) is 4.99 Å². The van der Waals surface area contributed by atoms with E-state index in [1.807, 2.05) is 30.3 Å². The van der Waals surface area contributed by atoms with Crippen LogP contribution in [-0.2, 0) is 13.2 Å². The summed E-state index contributed by atoms with van der Waals surface area (Å²) >= 11 is 0. The maximum atomic E-state index is 5.86. The summed E-state index contributed by atoms with van der Waals surface area (Å²) in [6.45, 7) is 3.21. The van der Waals surface area contributed by atoms with Crippen molar-refractivity contribution < 1.29 is 4.74 Å². The molecule has 2 aromatic carbocycles. The van der Waals surface area contributed by atoms with Gasteiger partial charge in [0.05, 0.1) is 6.54 Å². The monoisotopic (exact) mass is 295 g/mol. The van der Waals surface area contributed by atoms with Gasteiger partial charge in [0.25, 0.3) is 0 Å². The SMILES string of the molecule is CN1CCN=C1NCc1cccc(OCc2ccccc2)c1. The van der Waals surface area contributed by atoms with Crippen LogP contribution in [0.5, 0.6) is 5.75 Å². The number of benzene rings is 2. The molecule has 1 aliphatic heterocycles. The average molecular weight is 295 g/mol. The smallest absolute Gasteiger partial charge is 0.194 e. The molecule has 0 unspecified atom stereocenters. The summed E-state index contributed by atoms with van der Waals surface area (Å²) in [7, 11) is 2.05. The highest BCUT2D eigenvalue weighted by Gasteiger charge is 2.11. The summed E-state index contributed by atoms with van der Waals surface area (Å²) in [5.74, 6) is 1.86. The molecule has 0 fully saturated rings. The van der Waals surface area contributed by atoms with Crippen molar-refractivity contribution in [3.05, 3.63) is 65.7 Å². The molecule has 0 radical (unpaired) electrons. The van der Waals surface area contributed by atoms with Crippen molar-refractivity contribution in [1.29, 1.82) is 0 Å². The summed E-state index contributed by atoms with van der Waals surface area (Å²) in [6.07, 6.45) is 0. The summed E-state index contributed by atoms with van der Waals surface area (Å²) in [5.41, 5.74) is 2.36. The average Bonchev–Trinajstić information content (AvgIpc) is 2.98. The predicted octanol–water partition coefficient (Wildman–Crippen LogP) is 2.66. The molecule has 0 aromatic heterocycles. The van der Waals surface area contributed by atoms with Crippen molar-refractivity contribution in [2.45, 2.75) is 13.2 Å². The fraction of sp³-hybridized carbons (Fsp3) is 0.278. The third-order valence-electron chi connectivity index (χ3n) is 3.66. The van der Waals surface area contributed by atoms with Gasteiger partial charge in [0, 0.05) is 20.1 Å². The summed E-state index contributed by atoms with van der Waals surface area (Å²) in [4.78, 5) is 6.57. The first-order chi connectivity index (χ1) is 10.8. The van der Waals surface area contributed by atoms with Crippen molar-refractivity contribution in [2.75, 3.05) is 20.1 Å². The Kier molecular flexibility index (Phi) is 4.59. The highest BCUT2D eigenvalue weighted by atomic mass is 16.5. The predicted molar refractivity (Wildman–Crippen MR) is 89.0 cm³/mol. The molecule has 22 heavy (non-hydrogen) atoms. The number of guanidine groups is 1. The minimum atomic E-state index is 0.590. The highest BCUT2D eigenvalue weighted by Crippen LogP contribution is 2.15. The minimum absolute atomic E-state index is 0.590. The molecule has 1 N–H and O–H groups in total. The molecule has 0 amide bonds. The Morgan fingerprint density at radius 1 is 1.09 bits per heavy atom. The minimum Gasteiger partial charge on any atom is -0.489 e. The van der Waals surface area contributed by atoms with E-state index in [1.165, 1.54) is 11.1 Å². The summed E-state index contributed by atoms with van der Waals surface area (Å²) in [5, 5.41) is 3.37. The van der Waals surface area contributed by atoms with Gasteiger partial charge in [-0.15, -0.1) is 0 Å². The number of aliphatic imine (C=N–C) groups is 1. The van der Waals surface area contributed by atoms with Gasteiger partial charge in [-0.1, -0.05) is 42.5 Å². The molecular formula is C18H21N3O. The van der Waals surface area contributed by atoms with Crippen LogP contribution in [0.3, 0.4) is 0 Å². The molecular weight excluding hydrogens is 274 g/mol. The van der Waals surface area contributed by atoms with E-state index in [9.17, 15) is 0 Å². The summed E-state index contributed by atoms with van der Waals surface area (Å²) < 4.78 is 5.86. The Hall–Kier alpha value is -2.49. The van der Waals surface area contributed by atoms with Crippen LogP contribution >= 0.6 is 0 Å². The first kappa shape index (κ1) is 14.4. The first-order valence-corrected chi connectivity index (χ1v) is 7.56. The standard InChI is InChI=1S/C18H21N3O/c1-21-11-10-19-18(21)20-13-16-8-5-9-17(12-16)22-14-15-6-3-2-4-7-15/h2-9,12H,10-11,13-14H2,1H3,(H,19,20). The number of ether oxygens (including phenoxy) is 1. The van der Waals surface area contributed by atoms with Crippen LogP contribution in [-0.4, -0.2) is 31.0 Å².